The molecule has 95 valence electrons. The molecule has 2 aromatic heterocycles. The summed E-state index contributed by atoms with van der Waals surface area (Å²) < 4.78 is 7.75. The van der Waals surface area contributed by atoms with E-state index in [2.05, 4.69) is 17.2 Å². The van der Waals surface area contributed by atoms with Crippen molar-refractivity contribution < 1.29 is 4.74 Å². The zero-order chi connectivity index (χ0) is 13.1. The summed E-state index contributed by atoms with van der Waals surface area (Å²) in [5, 5.41) is 1.18. The van der Waals surface area contributed by atoms with Crippen LogP contribution >= 0.6 is 0 Å². The molecule has 1 aromatic carbocycles. The topological polar surface area (TPSA) is 27.1 Å². The molecule has 0 N–H and O–H groups in total. The van der Waals surface area contributed by atoms with Gasteiger partial charge in [0.2, 0.25) is 0 Å². The summed E-state index contributed by atoms with van der Waals surface area (Å²) in [6.45, 7) is 0.636. The summed E-state index contributed by atoms with van der Waals surface area (Å²) in [6, 6.07) is 14.0. The van der Waals surface area contributed by atoms with Gasteiger partial charge >= 0.3 is 0 Å². The summed E-state index contributed by atoms with van der Waals surface area (Å²) in [6.07, 6.45) is 5.76. The Labute approximate surface area is 112 Å². The van der Waals surface area contributed by atoms with Gasteiger partial charge in [-0.15, -0.1) is 0 Å². The van der Waals surface area contributed by atoms with E-state index in [-0.39, 0.29) is 0 Å². The number of hydrogen-bond acceptors (Lipinski definition) is 2. The molecule has 3 aromatic rings. The first-order valence-electron chi connectivity index (χ1n) is 6.33. The summed E-state index contributed by atoms with van der Waals surface area (Å²) in [4.78, 5) is 4.28. The van der Waals surface area contributed by atoms with Crippen molar-refractivity contribution in [3.8, 4) is 5.75 Å². The van der Waals surface area contributed by atoms with Crippen LogP contribution in [-0.2, 0) is 13.5 Å². The lowest BCUT2D eigenvalue weighted by atomic mass is 10.2. The van der Waals surface area contributed by atoms with E-state index in [0.29, 0.717) is 6.61 Å². The molecule has 0 amide bonds. The van der Waals surface area contributed by atoms with Crippen LogP contribution in [0.5, 0.6) is 5.75 Å². The van der Waals surface area contributed by atoms with E-state index < -0.39 is 0 Å². The van der Waals surface area contributed by atoms with Crippen molar-refractivity contribution in [3.05, 3.63) is 60.6 Å². The second kappa shape index (κ2) is 5.14. The van der Waals surface area contributed by atoms with Crippen LogP contribution in [0.15, 0.2) is 48.7 Å². The Hall–Kier alpha value is -2.29. The maximum Gasteiger partial charge on any atom is 0.121 e. The molecule has 19 heavy (non-hydrogen) atoms. The van der Waals surface area contributed by atoms with E-state index in [9.17, 15) is 0 Å². The Morgan fingerprint density at radius 2 is 2.21 bits per heavy atom. The zero-order valence-corrected chi connectivity index (χ0v) is 10.8. The largest absolute Gasteiger partial charge is 0.493 e. The smallest absolute Gasteiger partial charge is 0.121 e. The van der Waals surface area contributed by atoms with E-state index in [4.69, 9.17) is 4.74 Å². The number of ether oxygens (including phenoxy) is 1. The minimum Gasteiger partial charge on any atom is -0.493 e. The molecular formula is C16H15N2O. The number of rotatable bonds is 4. The van der Waals surface area contributed by atoms with Crippen LogP contribution in [0.4, 0.5) is 0 Å². The lowest BCUT2D eigenvalue weighted by Gasteiger charge is -2.06. The average Bonchev–Trinajstić information content (AvgIpc) is 2.82. The molecule has 0 saturated heterocycles. The Bertz CT molecular complexity index is 674. The van der Waals surface area contributed by atoms with E-state index >= 15 is 0 Å². The lowest BCUT2D eigenvalue weighted by Crippen LogP contribution is -2.02. The second-order valence-electron chi connectivity index (χ2n) is 4.47. The molecular weight excluding hydrogens is 236 g/mol. The Morgan fingerprint density at radius 1 is 1.26 bits per heavy atom. The molecule has 3 nitrogen and oxygen atoms in total. The second-order valence-corrected chi connectivity index (χ2v) is 4.47. The van der Waals surface area contributed by atoms with Gasteiger partial charge in [-0.3, -0.25) is 4.98 Å². The zero-order valence-electron chi connectivity index (χ0n) is 10.8. The molecule has 0 aliphatic carbocycles. The first-order valence-corrected chi connectivity index (χ1v) is 6.33. The number of pyridine rings is 1. The molecule has 0 fully saturated rings. The van der Waals surface area contributed by atoms with Crippen molar-refractivity contribution in [1.29, 1.82) is 0 Å². The minimum atomic E-state index is 0.636. The third-order valence-electron chi connectivity index (χ3n) is 3.13. The van der Waals surface area contributed by atoms with Gasteiger partial charge < -0.3 is 9.30 Å². The molecule has 3 rings (SSSR count). The van der Waals surface area contributed by atoms with Crippen molar-refractivity contribution in [3.63, 3.8) is 0 Å². The monoisotopic (exact) mass is 251 g/mol. The number of aromatic nitrogens is 2. The van der Waals surface area contributed by atoms with Crippen LogP contribution in [0.25, 0.3) is 10.9 Å². The third-order valence-corrected chi connectivity index (χ3v) is 3.13. The molecule has 2 heterocycles. The van der Waals surface area contributed by atoms with Crippen LogP contribution < -0.4 is 4.74 Å². The van der Waals surface area contributed by atoms with Crippen molar-refractivity contribution in [2.45, 2.75) is 6.42 Å². The Balaban J connectivity index is 1.67. The molecule has 0 saturated carbocycles. The van der Waals surface area contributed by atoms with Gasteiger partial charge in [0.25, 0.3) is 0 Å². The number of benzene rings is 1. The highest BCUT2D eigenvalue weighted by Crippen LogP contribution is 2.21. The number of aryl methyl sites for hydroxylation is 1. The van der Waals surface area contributed by atoms with E-state index in [1.807, 2.05) is 48.0 Å². The fourth-order valence-corrected chi connectivity index (χ4v) is 2.08. The number of nitrogens with zero attached hydrogens (tertiary/aromatic N) is 2. The van der Waals surface area contributed by atoms with Crippen LogP contribution in [-0.4, -0.2) is 16.2 Å². The van der Waals surface area contributed by atoms with Crippen molar-refractivity contribution in [2.75, 3.05) is 6.61 Å². The van der Waals surface area contributed by atoms with Gasteiger partial charge in [-0.1, -0.05) is 6.07 Å². The van der Waals surface area contributed by atoms with Gasteiger partial charge in [0, 0.05) is 36.8 Å². The van der Waals surface area contributed by atoms with Gasteiger partial charge in [-0.25, -0.2) is 0 Å². The SMILES string of the molecule is Cn1[c]cc2ccc(OCCc3ccccn3)cc21. The third kappa shape index (κ3) is 2.60. The molecule has 0 unspecified atom stereocenters. The summed E-state index contributed by atoms with van der Waals surface area (Å²) in [7, 11) is 1.99. The highest BCUT2D eigenvalue weighted by atomic mass is 16.5. The highest BCUT2D eigenvalue weighted by molar-refractivity contribution is 5.81. The quantitative estimate of drug-likeness (QED) is 0.712. The van der Waals surface area contributed by atoms with E-state index in [1.165, 1.54) is 5.39 Å². The summed E-state index contributed by atoms with van der Waals surface area (Å²) >= 11 is 0. The van der Waals surface area contributed by atoms with Gasteiger partial charge in [0.15, 0.2) is 0 Å². The molecule has 0 aliphatic heterocycles. The van der Waals surface area contributed by atoms with Gasteiger partial charge in [-0.05, 0) is 30.3 Å². The van der Waals surface area contributed by atoms with Gasteiger partial charge in [0.05, 0.1) is 18.3 Å². The van der Waals surface area contributed by atoms with E-state index in [0.717, 1.165) is 23.4 Å². The lowest BCUT2D eigenvalue weighted by molar-refractivity contribution is 0.321. The minimum absolute atomic E-state index is 0.636. The highest BCUT2D eigenvalue weighted by Gasteiger charge is 2.01. The van der Waals surface area contributed by atoms with Crippen molar-refractivity contribution >= 4 is 10.9 Å². The van der Waals surface area contributed by atoms with Crippen LogP contribution in [0.3, 0.4) is 0 Å². The summed E-state index contributed by atoms with van der Waals surface area (Å²) in [5.74, 6) is 0.888. The standard InChI is InChI=1S/C16H15N2O/c1-18-10-7-13-5-6-15(12-16(13)18)19-11-8-14-4-2-3-9-17-14/h2-7,9,12H,8,11H2,1H3. The Morgan fingerprint density at radius 3 is 3.05 bits per heavy atom. The molecule has 0 aliphatic rings. The van der Waals surface area contributed by atoms with E-state index in [1.54, 1.807) is 6.20 Å². The normalized spacial score (nSPS) is 10.8. The first-order chi connectivity index (χ1) is 9.33. The predicted octanol–water partition coefficient (Wildman–Crippen LogP) is 2.99. The maximum atomic E-state index is 5.78. The molecule has 3 heteroatoms. The summed E-state index contributed by atoms with van der Waals surface area (Å²) in [5.41, 5.74) is 2.19. The van der Waals surface area contributed by atoms with Crippen LogP contribution in [0.1, 0.15) is 5.69 Å². The molecule has 0 spiro atoms. The van der Waals surface area contributed by atoms with Gasteiger partial charge in [0.1, 0.15) is 5.75 Å². The van der Waals surface area contributed by atoms with Crippen molar-refractivity contribution in [2.24, 2.45) is 7.05 Å². The fraction of sp³-hybridized carbons (Fsp3) is 0.188. The average molecular weight is 251 g/mol. The molecule has 1 radical (unpaired) electrons. The van der Waals surface area contributed by atoms with Crippen LogP contribution in [0, 0.1) is 6.20 Å². The number of fused-ring (bicyclic) bond motifs is 1. The van der Waals surface area contributed by atoms with Gasteiger partial charge in [-0.2, -0.15) is 0 Å². The molecule has 0 atom stereocenters. The predicted molar refractivity (Wildman–Crippen MR) is 75.2 cm³/mol. The number of hydrogen-bond donors (Lipinski definition) is 0. The van der Waals surface area contributed by atoms with Crippen LogP contribution in [0.2, 0.25) is 0 Å². The Kier molecular flexibility index (Phi) is 3.19. The maximum absolute atomic E-state index is 5.78. The fourth-order valence-electron chi connectivity index (χ4n) is 2.08. The first kappa shape index (κ1) is 11.8. The molecule has 0 bridgehead atoms. The van der Waals surface area contributed by atoms with Crippen molar-refractivity contribution in [1.82, 2.24) is 9.55 Å².